The van der Waals surface area contributed by atoms with Crippen LogP contribution < -0.4 is 0 Å². The Balaban J connectivity index is 2.24. The minimum absolute atomic E-state index is 0.275. The van der Waals surface area contributed by atoms with E-state index in [2.05, 4.69) is 16.5 Å². The number of hydrogen-bond acceptors (Lipinski definition) is 3. The summed E-state index contributed by atoms with van der Waals surface area (Å²) in [5, 5.41) is 0. The second-order valence-corrected chi connectivity index (χ2v) is 4.20. The third-order valence-electron chi connectivity index (χ3n) is 1.81. The molecule has 0 saturated heterocycles. The third kappa shape index (κ3) is 2.47. The molecule has 4 heteroatoms. The molecule has 0 saturated carbocycles. The van der Waals surface area contributed by atoms with Crippen LogP contribution in [0.4, 0.5) is 4.39 Å². The molecule has 2 aromatic rings. The Labute approximate surface area is 91.1 Å². The van der Waals surface area contributed by atoms with Crippen molar-refractivity contribution in [2.45, 2.75) is 6.42 Å². The normalized spacial score (nSPS) is 10.2. The lowest BCUT2D eigenvalue weighted by Gasteiger charge is -1.93. The predicted molar refractivity (Wildman–Crippen MR) is 59.3 cm³/mol. The van der Waals surface area contributed by atoms with Gasteiger partial charge in [-0.25, -0.2) is 14.4 Å². The van der Waals surface area contributed by atoms with Gasteiger partial charge in [0.2, 0.25) is 0 Å². The maximum absolute atomic E-state index is 12.6. The fraction of sp³-hybridized carbons (Fsp3) is 0.0909. The van der Waals surface area contributed by atoms with Gasteiger partial charge in [-0.15, -0.1) is 11.3 Å². The first kappa shape index (κ1) is 9.98. The van der Waals surface area contributed by atoms with Gasteiger partial charge in [-0.3, -0.25) is 0 Å². The van der Waals surface area contributed by atoms with E-state index in [-0.39, 0.29) is 12.2 Å². The Kier molecular flexibility index (Phi) is 2.87. The molecule has 2 nitrogen and oxygen atoms in total. The Hall–Kier alpha value is -1.55. The van der Waals surface area contributed by atoms with Crippen LogP contribution in [0.1, 0.15) is 4.88 Å². The second kappa shape index (κ2) is 4.31. The molecule has 0 aliphatic carbocycles. The molecular weight excluding hydrogens is 211 g/mol. The van der Waals surface area contributed by atoms with E-state index in [1.54, 1.807) is 18.5 Å². The lowest BCUT2D eigenvalue weighted by molar-refractivity contribution is 0.619. The van der Waals surface area contributed by atoms with E-state index in [0.717, 1.165) is 9.75 Å². The van der Waals surface area contributed by atoms with Crippen LogP contribution in [0.25, 0.3) is 10.7 Å². The molecule has 0 aliphatic rings. The predicted octanol–water partition coefficient (Wildman–Crippen LogP) is 3.23. The molecule has 0 unspecified atom stereocenters. The Morgan fingerprint density at radius 1 is 1.33 bits per heavy atom. The van der Waals surface area contributed by atoms with Crippen molar-refractivity contribution < 1.29 is 4.39 Å². The van der Waals surface area contributed by atoms with Crippen LogP contribution in [0.5, 0.6) is 0 Å². The molecule has 0 atom stereocenters. The van der Waals surface area contributed by atoms with E-state index >= 15 is 0 Å². The number of aromatic nitrogens is 2. The lowest BCUT2D eigenvalue weighted by atomic mass is 10.3. The van der Waals surface area contributed by atoms with Gasteiger partial charge < -0.3 is 0 Å². The molecule has 0 amide bonds. The highest BCUT2D eigenvalue weighted by atomic mass is 32.1. The fourth-order valence-electron chi connectivity index (χ4n) is 1.21. The van der Waals surface area contributed by atoms with Crippen LogP contribution >= 0.6 is 11.3 Å². The smallest absolute Gasteiger partial charge is 0.169 e. The zero-order valence-corrected chi connectivity index (χ0v) is 8.80. The molecule has 0 bridgehead atoms. The van der Waals surface area contributed by atoms with E-state index in [4.69, 9.17) is 0 Å². The molecule has 0 spiro atoms. The van der Waals surface area contributed by atoms with E-state index < -0.39 is 0 Å². The van der Waals surface area contributed by atoms with Crippen LogP contribution in [0.2, 0.25) is 0 Å². The van der Waals surface area contributed by atoms with Crippen LogP contribution in [-0.4, -0.2) is 9.97 Å². The van der Waals surface area contributed by atoms with Crippen molar-refractivity contribution >= 4 is 11.3 Å². The maximum Gasteiger partial charge on any atom is 0.169 e. The Morgan fingerprint density at radius 2 is 2.07 bits per heavy atom. The summed E-state index contributed by atoms with van der Waals surface area (Å²) in [5.74, 6) is 0.357. The van der Waals surface area contributed by atoms with Crippen molar-refractivity contribution in [2.24, 2.45) is 0 Å². The molecule has 2 heterocycles. The van der Waals surface area contributed by atoms with Gasteiger partial charge in [-0.1, -0.05) is 6.58 Å². The molecule has 2 aromatic heterocycles. The number of rotatable bonds is 3. The van der Waals surface area contributed by atoms with E-state index in [1.807, 2.05) is 12.1 Å². The third-order valence-corrected chi connectivity index (χ3v) is 2.90. The van der Waals surface area contributed by atoms with Gasteiger partial charge in [-0.05, 0) is 18.2 Å². The summed E-state index contributed by atoms with van der Waals surface area (Å²) in [7, 11) is 0. The van der Waals surface area contributed by atoms with Gasteiger partial charge in [-0.2, -0.15) is 0 Å². The summed E-state index contributed by atoms with van der Waals surface area (Å²) in [6.45, 7) is 3.24. The SMILES string of the molecule is C=C(F)Cc1ccc(-c2ncccn2)s1. The van der Waals surface area contributed by atoms with Crippen molar-refractivity contribution in [1.82, 2.24) is 9.97 Å². The highest BCUT2D eigenvalue weighted by Gasteiger charge is 2.05. The topological polar surface area (TPSA) is 25.8 Å². The Bertz CT molecular complexity index is 464. The number of halogens is 1. The van der Waals surface area contributed by atoms with Crippen molar-refractivity contribution in [1.29, 1.82) is 0 Å². The van der Waals surface area contributed by atoms with E-state index in [9.17, 15) is 4.39 Å². The number of thiophene rings is 1. The van der Waals surface area contributed by atoms with Crippen LogP contribution in [0.15, 0.2) is 43.0 Å². The van der Waals surface area contributed by atoms with Crippen LogP contribution in [0, 0.1) is 0 Å². The molecule has 0 aromatic carbocycles. The van der Waals surface area contributed by atoms with E-state index in [1.165, 1.54) is 11.3 Å². The summed E-state index contributed by atoms with van der Waals surface area (Å²) in [6, 6.07) is 5.54. The van der Waals surface area contributed by atoms with Gasteiger partial charge in [0.05, 0.1) is 10.7 Å². The Morgan fingerprint density at radius 3 is 2.73 bits per heavy atom. The number of allylic oxidation sites excluding steroid dienone is 1. The largest absolute Gasteiger partial charge is 0.236 e. The second-order valence-electron chi connectivity index (χ2n) is 3.03. The van der Waals surface area contributed by atoms with Crippen LogP contribution in [-0.2, 0) is 6.42 Å². The standard InChI is InChI=1S/C11H9FN2S/c1-8(12)7-9-3-4-10(15-9)11-13-5-2-6-14-11/h2-6H,1,7H2. The molecule has 0 aliphatic heterocycles. The minimum atomic E-state index is -0.322. The molecule has 76 valence electrons. The van der Waals surface area contributed by atoms with Crippen molar-refractivity contribution in [3.8, 4) is 10.7 Å². The summed E-state index contributed by atoms with van der Waals surface area (Å²) >= 11 is 1.49. The quantitative estimate of drug-likeness (QED) is 0.793. The molecule has 0 fully saturated rings. The monoisotopic (exact) mass is 220 g/mol. The van der Waals surface area contributed by atoms with Crippen molar-refractivity contribution in [2.75, 3.05) is 0 Å². The zero-order valence-electron chi connectivity index (χ0n) is 7.98. The summed E-state index contributed by atoms with van der Waals surface area (Å²) in [5.41, 5.74) is 0. The first-order valence-electron chi connectivity index (χ1n) is 4.45. The summed E-state index contributed by atoms with van der Waals surface area (Å²) in [4.78, 5) is 10.1. The highest BCUT2D eigenvalue weighted by molar-refractivity contribution is 7.15. The van der Waals surface area contributed by atoms with Gasteiger partial charge in [0, 0.05) is 23.7 Å². The van der Waals surface area contributed by atoms with Crippen LogP contribution in [0.3, 0.4) is 0 Å². The number of nitrogens with zero attached hydrogens (tertiary/aromatic N) is 2. The maximum atomic E-state index is 12.6. The lowest BCUT2D eigenvalue weighted by Crippen LogP contribution is -1.82. The van der Waals surface area contributed by atoms with Gasteiger partial charge >= 0.3 is 0 Å². The minimum Gasteiger partial charge on any atom is -0.236 e. The number of hydrogen-bond donors (Lipinski definition) is 0. The average Bonchev–Trinajstić information content (AvgIpc) is 2.67. The molecule has 0 radical (unpaired) electrons. The molecular formula is C11H9FN2S. The average molecular weight is 220 g/mol. The van der Waals surface area contributed by atoms with E-state index in [0.29, 0.717) is 5.82 Å². The first-order valence-corrected chi connectivity index (χ1v) is 5.27. The molecule has 2 rings (SSSR count). The van der Waals surface area contributed by atoms with Gasteiger partial charge in [0.25, 0.3) is 0 Å². The van der Waals surface area contributed by atoms with Gasteiger partial charge in [0.15, 0.2) is 5.82 Å². The van der Waals surface area contributed by atoms with Crippen molar-refractivity contribution in [3.63, 3.8) is 0 Å². The molecule has 0 N–H and O–H groups in total. The summed E-state index contributed by atoms with van der Waals surface area (Å²) in [6.07, 6.45) is 3.66. The molecule has 15 heavy (non-hydrogen) atoms. The van der Waals surface area contributed by atoms with Crippen molar-refractivity contribution in [3.05, 3.63) is 47.9 Å². The highest BCUT2D eigenvalue weighted by Crippen LogP contribution is 2.26. The first-order chi connectivity index (χ1) is 7.25. The summed E-state index contributed by atoms with van der Waals surface area (Å²) < 4.78 is 12.6. The zero-order chi connectivity index (χ0) is 10.7. The fourth-order valence-corrected chi connectivity index (χ4v) is 2.19. The van der Waals surface area contributed by atoms with Gasteiger partial charge in [0.1, 0.15) is 0 Å².